The van der Waals surface area contributed by atoms with Crippen LogP contribution in [0.25, 0.3) is 6.08 Å². The minimum Gasteiger partial charge on any atom is -0.287 e. The van der Waals surface area contributed by atoms with Gasteiger partial charge in [-0.1, -0.05) is 24.3 Å². The lowest BCUT2D eigenvalue weighted by molar-refractivity contribution is -0.385. The molecule has 6 nitrogen and oxygen atoms in total. The Morgan fingerprint density at radius 2 is 1.78 bits per heavy atom. The number of hydrogen-bond acceptors (Lipinski definition) is 4. The van der Waals surface area contributed by atoms with Gasteiger partial charge >= 0.3 is 0 Å². The summed E-state index contributed by atoms with van der Waals surface area (Å²) in [5, 5.41) is 11.1. The van der Waals surface area contributed by atoms with Crippen molar-refractivity contribution >= 4 is 29.1 Å². The fourth-order valence-electron chi connectivity index (χ4n) is 2.62. The Bertz CT molecular complexity index is 870. The van der Waals surface area contributed by atoms with Gasteiger partial charge in [-0.3, -0.25) is 24.6 Å². The second-order valence-corrected chi connectivity index (χ2v) is 5.05. The van der Waals surface area contributed by atoms with Crippen molar-refractivity contribution in [2.75, 3.05) is 4.90 Å². The molecule has 23 heavy (non-hydrogen) atoms. The fraction of sp³-hybridized carbons (Fsp3) is 0.0588. The van der Waals surface area contributed by atoms with Gasteiger partial charge in [-0.15, -0.1) is 0 Å². The molecule has 0 spiro atoms. The molecule has 0 aliphatic carbocycles. The SMILES string of the molecule is CC(=O)N1/C(=C/c2ccccc2[N+](=O)[O-])C(=O)c2ccccc21. The Kier molecular flexibility index (Phi) is 3.50. The largest absolute Gasteiger partial charge is 0.287 e. The fourth-order valence-corrected chi connectivity index (χ4v) is 2.62. The summed E-state index contributed by atoms with van der Waals surface area (Å²) in [6.45, 7) is 1.35. The van der Waals surface area contributed by atoms with Crippen LogP contribution in [0.1, 0.15) is 22.8 Å². The molecule has 0 radical (unpaired) electrons. The number of Topliss-reactive ketones (excluding diaryl/α,β-unsaturated/α-hetero) is 1. The highest BCUT2D eigenvalue weighted by Crippen LogP contribution is 2.36. The smallest absolute Gasteiger partial charge is 0.276 e. The molecule has 0 atom stereocenters. The van der Waals surface area contributed by atoms with Crippen LogP contribution in [0.15, 0.2) is 54.2 Å². The maximum Gasteiger partial charge on any atom is 0.276 e. The lowest BCUT2D eigenvalue weighted by Crippen LogP contribution is -2.25. The summed E-state index contributed by atoms with van der Waals surface area (Å²) < 4.78 is 0. The summed E-state index contributed by atoms with van der Waals surface area (Å²) in [6.07, 6.45) is 1.39. The molecule has 2 aromatic carbocycles. The Labute approximate surface area is 131 Å². The Balaban J connectivity index is 2.19. The van der Waals surface area contributed by atoms with Crippen LogP contribution in [0.2, 0.25) is 0 Å². The molecule has 2 aromatic rings. The van der Waals surface area contributed by atoms with Crippen LogP contribution < -0.4 is 4.90 Å². The summed E-state index contributed by atoms with van der Waals surface area (Å²) in [6, 6.07) is 12.8. The molecule has 0 unspecified atom stereocenters. The van der Waals surface area contributed by atoms with E-state index in [-0.39, 0.29) is 28.6 Å². The number of anilines is 1. The van der Waals surface area contributed by atoms with Crippen LogP contribution >= 0.6 is 0 Å². The van der Waals surface area contributed by atoms with Gasteiger partial charge in [0.2, 0.25) is 11.7 Å². The summed E-state index contributed by atoms with van der Waals surface area (Å²) >= 11 is 0. The molecule has 0 saturated heterocycles. The van der Waals surface area contributed by atoms with E-state index in [1.54, 1.807) is 42.5 Å². The quantitative estimate of drug-likeness (QED) is 0.485. The predicted octanol–water partition coefficient (Wildman–Crippen LogP) is 3.19. The van der Waals surface area contributed by atoms with E-state index in [0.29, 0.717) is 11.3 Å². The zero-order valence-corrected chi connectivity index (χ0v) is 12.2. The first-order valence-corrected chi connectivity index (χ1v) is 6.90. The number of carbonyl (C=O) groups excluding carboxylic acids is 2. The van der Waals surface area contributed by atoms with Crippen molar-refractivity contribution in [3.05, 3.63) is 75.5 Å². The van der Waals surface area contributed by atoms with E-state index in [0.717, 1.165) is 0 Å². The number of ketones is 1. The van der Waals surface area contributed by atoms with Crippen LogP contribution in [0, 0.1) is 10.1 Å². The van der Waals surface area contributed by atoms with Crippen LogP contribution in [0.3, 0.4) is 0 Å². The standard InChI is InChI=1S/C17H12N2O4/c1-11(20)18-15-9-5-3-7-13(15)17(21)16(18)10-12-6-2-4-8-14(12)19(22)23/h2-10H,1H3/b16-10+. The van der Waals surface area contributed by atoms with Crippen molar-refractivity contribution in [3.63, 3.8) is 0 Å². The molecule has 0 N–H and O–H groups in total. The number of nitro groups is 1. The van der Waals surface area contributed by atoms with E-state index in [4.69, 9.17) is 0 Å². The average molecular weight is 308 g/mol. The Hall–Kier alpha value is -3.28. The minimum absolute atomic E-state index is 0.118. The second-order valence-electron chi connectivity index (χ2n) is 5.05. The highest BCUT2D eigenvalue weighted by atomic mass is 16.6. The van der Waals surface area contributed by atoms with Gasteiger partial charge < -0.3 is 0 Å². The summed E-state index contributed by atoms with van der Waals surface area (Å²) in [5.74, 6) is -0.651. The van der Waals surface area contributed by atoms with Crippen molar-refractivity contribution in [1.29, 1.82) is 0 Å². The van der Waals surface area contributed by atoms with Gasteiger partial charge in [-0.2, -0.15) is 0 Å². The number of nitro benzene ring substituents is 1. The second kappa shape index (κ2) is 5.49. The van der Waals surface area contributed by atoms with E-state index in [2.05, 4.69) is 0 Å². The van der Waals surface area contributed by atoms with E-state index < -0.39 is 4.92 Å². The van der Waals surface area contributed by atoms with Gasteiger partial charge in [0.05, 0.1) is 21.9 Å². The van der Waals surface area contributed by atoms with Crippen molar-refractivity contribution in [2.45, 2.75) is 6.92 Å². The first-order valence-electron chi connectivity index (χ1n) is 6.90. The maximum atomic E-state index is 12.6. The summed E-state index contributed by atoms with van der Waals surface area (Å²) in [5.41, 5.74) is 1.18. The Morgan fingerprint density at radius 3 is 2.48 bits per heavy atom. The van der Waals surface area contributed by atoms with Gasteiger partial charge in [0.1, 0.15) is 0 Å². The molecule has 0 saturated carbocycles. The molecule has 114 valence electrons. The number of fused-ring (bicyclic) bond motifs is 1. The summed E-state index contributed by atoms with van der Waals surface area (Å²) in [4.78, 5) is 36.4. The molecular weight excluding hydrogens is 296 g/mol. The molecule has 6 heteroatoms. The number of allylic oxidation sites excluding steroid dienone is 1. The lowest BCUT2D eigenvalue weighted by Gasteiger charge is -2.15. The van der Waals surface area contributed by atoms with Crippen molar-refractivity contribution in [1.82, 2.24) is 0 Å². The zero-order chi connectivity index (χ0) is 16.6. The average Bonchev–Trinajstić information content (AvgIpc) is 2.81. The van der Waals surface area contributed by atoms with E-state index >= 15 is 0 Å². The maximum absolute atomic E-state index is 12.6. The molecular formula is C17H12N2O4. The highest BCUT2D eigenvalue weighted by molar-refractivity contribution is 6.26. The predicted molar refractivity (Wildman–Crippen MR) is 85.0 cm³/mol. The van der Waals surface area contributed by atoms with Crippen molar-refractivity contribution < 1.29 is 14.5 Å². The van der Waals surface area contributed by atoms with Crippen LogP contribution in [-0.4, -0.2) is 16.6 Å². The lowest BCUT2D eigenvalue weighted by atomic mass is 10.1. The normalized spacial score (nSPS) is 14.9. The van der Waals surface area contributed by atoms with Crippen LogP contribution in [0.4, 0.5) is 11.4 Å². The number of nitrogens with zero attached hydrogens (tertiary/aromatic N) is 2. The number of carbonyl (C=O) groups is 2. The molecule has 0 bridgehead atoms. The summed E-state index contributed by atoms with van der Waals surface area (Å²) in [7, 11) is 0. The number of amides is 1. The zero-order valence-electron chi connectivity index (χ0n) is 12.2. The number of benzene rings is 2. The Morgan fingerprint density at radius 1 is 1.13 bits per heavy atom. The number of rotatable bonds is 2. The van der Waals surface area contributed by atoms with E-state index in [1.807, 2.05) is 0 Å². The molecule has 1 heterocycles. The van der Waals surface area contributed by atoms with E-state index in [1.165, 1.54) is 24.0 Å². The van der Waals surface area contributed by atoms with Gasteiger partial charge in [-0.25, -0.2) is 0 Å². The van der Waals surface area contributed by atoms with Gasteiger partial charge in [0.25, 0.3) is 5.69 Å². The topological polar surface area (TPSA) is 80.5 Å². The number of para-hydroxylation sites is 2. The molecule has 0 fully saturated rings. The monoisotopic (exact) mass is 308 g/mol. The first kappa shape index (κ1) is 14.6. The third kappa shape index (κ3) is 2.40. The minimum atomic E-state index is -0.517. The molecule has 1 amide bonds. The molecule has 1 aliphatic heterocycles. The van der Waals surface area contributed by atoms with Gasteiger partial charge in [0.15, 0.2) is 0 Å². The highest BCUT2D eigenvalue weighted by Gasteiger charge is 2.34. The van der Waals surface area contributed by atoms with Gasteiger partial charge in [-0.05, 0) is 24.3 Å². The molecule has 0 aromatic heterocycles. The van der Waals surface area contributed by atoms with Crippen molar-refractivity contribution in [3.8, 4) is 0 Å². The van der Waals surface area contributed by atoms with Crippen LogP contribution in [-0.2, 0) is 4.79 Å². The molecule has 1 aliphatic rings. The third-order valence-corrected chi connectivity index (χ3v) is 3.60. The first-order chi connectivity index (χ1) is 11.0. The van der Waals surface area contributed by atoms with Crippen molar-refractivity contribution in [2.24, 2.45) is 0 Å². The number of hydrogen-bond donors (Lipinski definition) is 0. The third-order valence-electron chi connectivity index (χ3n) is 3.60. The van der Waals surface area contributed by atoms with Gasteiger partial charge in [0, 0.05) is 18.6 Å². The van der Waals surface area contributed by atoms with E-state index in [9.17, 15) is 19.7 Å². The van der Waals surface area contributed by atoms with Crippen LogP contribution in [0.5, 0.6) is 0 Å². The molecule has 3 rings (SSSR count).